The Morgan fingerprint density at radius 2 is 1.79 bits per heavy atom. The first-order valence-electron chi connectivity index (χ1n) is 9.39. The maximum absolute atomic E-state index is 9.88. The van der Waals surface area contributed by atoms with Crippen molar-refractivity contribution >= 4 is 48.8 Å². The Hall–Kier alpha value is -2.68. The van der Waals surface area contributed by atoms with Gasteiger partial charge in [-0.1, -0.05) is 46.9 Å². The minimum Gasteiger partial charge on any atom is -0.492 e. The molecular weight excluding hydrogens is 404 g/mol. The summed E-state index contributed by atoms with van der Waals surface area (Å²) in [7, 11) is 0. The standard InChI is InChI=1S/C21H22N4O2S2/c1-13(26)12-18-19(27)25-21(29-18)23-15-8-6-14(7-9-15)10-11-22-20-24-16-4-2-3-5-17(16)28-20/h2-9,13,26-27H,10-12H2,1H3,(H,22,24)(H,23,25). The molecule has 2 aromatic heterocycles. The van der Waals surface area contributed by atoms with Gasteiger partial charge >= 0.3 is 0 Å². The highest BCUT2D eigenvalue weighted by molar-refractivity contribution is 7.22. The van der Waals surface area contributed by atoms with Crippen molar-refractivity contribution in [1.29, 1.82) is 0 Å². The number of para-hydroxylation sites is 1. The number of aromatic nitrogens is 2. The van der Waals surface area contributed by atoms with Crippen molar-refractivity contribution in [3.05, 3.63) is 59.0 Å². The van der Waals surface area contributed by atoms with Crippen LogP contribution in [0.1, 0.15) is 17.4 Å². The van der Waals surface area contributed by atoms with E-state index in [0.717, 1.165) is 29.3 Å². The van der Waals surface area contributed by atoms with E-state index in [1.165, 1.54) is 21.6 Å². The van der Waals surface area contributed by atoms with Gasteiger partial charge in [0.25, 0.3) is 0 Å². The van der Waals surface area contributed by atoms with E-state index in [-0.39, 0.29) is 5.88 Å². The quantitative estimate of drug-likeness (QED) is 0.324. The van der Waals surface area contributed by atoms with Crippen molar-refractivity contribution in [3.63, 3.8) is 0 Å². The van der Waals surface area contributed by atoms with Crippen LogP contribution in [0.3, 0.4) is 0 Å². The molecule has 2 heterocycles. The second-order valence-electron chi connectivity index (χ2n) is 6.80. The molecule has 4 aromatic rings. The fraction of sp³-hybridized carbons (Fsp3) is 0.238. The van der Waals surface area contributed by atoms with Crippen LogP contribution in [0.25, 0.3) is 10.2 Å². The van der Waals surface area contributed by atoms with E-state index in [1.54, 1.807) is 18.3 Å². The van der Waals surface area contributed by atoms with Gasteiger partial charge in [0.05, 0.1) is 21.2 Å². The average molecular weight is 427 g/mol. The monoisotopic (exact) mass is 426 g/mol. The van der Waals surface area contributed by atoms with Crippen LogP contribution in [0.15, 0.2) is 48.5 Å². The highest BCUT2D eigenvalue weighted by Crippen LogP contribution is 2.31. The molecule has 8 heteroatoms. The van der Waals surface area contributed by atoms with Gasteiger partial charge in [-0.2, -0.15) is 4.98 Å². The lowest BCUT2D eigenvalue weighted by Crippen LogP contribution is -2.04. The Balaban J connectivity index is 1.31. The first kappa shape index (κ1) is 19.6. The summed E-state index contributed by atoms with van der Waals surface area (Å²) in [5.41, 5.74) is 3.16. The molecular formula is C21H22N4O2S2. The number of rotatable bonds is 8. The fourth-order valence-corrected chi connectivity index (χ4v) is 4.83. The average Bonchev–Trinajstić information content (AvgIpc) is 3.25. The highest BCUT2D eigenvalue weighted by atomic mass is 32.1. The normalized spacial score (nSPS) is 12.2. The summed E-state index contributed by atoms with van der Waals surface area (Å²) in [6.45, 7) is 2.51. The fourth-order valence-electron chi connectivity index (χ4n) is 2.94. The lowest BCUT2D eigenvalue weighted by Gasteiger charge is -2.06. The number of hydrogen-bond acceptors (Lipinski definition) is 8. The Morgan fingerprint density at radius 1 is 1.00 bits per heavy atom. The van der Waals surface area contributed by atoms with Gasteiger partial charge < -0.3 is 20.8 Å². The molecule has 0 bridgehead atoms. The molecule has 0 spiro atoms. The molecule has 2 aromatic carbocycles. The van der Waals surface area contributed by atoms with Gasteiger partial charge in [0, 0.05) is 18.7 Å². The van der Waals surface area contributed by atoms with E-state index >= 15 is 0 Å². The van der Waals surface area contributed by atoms with E-state index < -0.39 is 6.10 Å². The largest absolute Gasteiger partial charge is 0.492 e. The Kier molecular flexibility index (Phi) is 5.94. The smallest absolute Gasteiger partial charge is 0.227 e. The number of nitrogens with zero attached hydrogens (tertiary/aromatic N) is 2. The molecule has 4 N–H and O–H groups in total. The SMILES string of the molecule is CC(O)Cc1sc(Nc2ccc(CCNc3nc4ccccc4s3)cc2)nc1O. The topological polar surface area (TPSA) is 90.3 Å². The molecule has 4 rings (SSSR count). The van der Waals surface area contributed by atoms with Crippen LogP contribution in [0.4, 0.5) is 16.0 Å². The van der Waals surface area contributed by atoms with Crippen LogP contribution >= 0.6 is 22.7 Å². The third-order valence-corrected chi connectivity index (χ3v) is 6.32. The van der Waals surface area contributed by atoms with Crippen LogP contribution in [0.5, 0.6) is 5.88 Å². The van der Waals surface area contributed by atoms with Crippen LogP contribution < -0.4 is 10.6 Å². The summed E-state index contributed by atoms with van der Waals surface area (Å²) in [4.78, 5) is 9.39. The van der Waals surface area contributed by atoms with Gasteiger partial charge in [-0.3, -0.25) is 0 Å². The first-order valence-corrected chi connectivity index (χ1v) is 11.0. The molecule has 0 saturated carbocycles. The summed E-state index contributed by atoms with van der Waals surface area (Å²) in [5, 5.41) is 27.5. The molecule has 1 unspecified atom stereocenters. The van der Waals surface area contributed by atoms with Crippen molar-refractivity contribution in [1.82, 2.24) is 9.97 Å². The summed E-state index contributed by atoms with van der Waals surface area (Å²) >= 11 is 3.02. The zero-order valence-electron chi connectivity index (χ0n) is 15.9. The second-order valence-corrected chi connectivity index (χ2v) is 8.92. The summed E-state index contributed by atoms with van der Waals surface area (Å²) in [6.07, 6.45) is 0.781. The molecule has 0 aliphatic heterocycles. The summed E-state index contributed by atoms with van der Waals surface area (Å²) in [5.74, 6) is -0.0176. The van der Waals surface area contributed by atoms with Crippen LogP contribution in [0.2, 0.25) is 0 Å². The van der Waals surface area contributed by atoms with E-state index in [1.807, 2.05) is 30.3 Å². The Labute approximate surface area is 176 Å². The Morgan fingerprint density at radius 3 is 2.55 bits per heavy atom. The zero-order chi connectivity index (χ0) is 20.2. The molecule has 0 amide bonds. The summed E-state index contributed by atoms with van der Waals surface area (Å²) in [6, 6.07) is 16.3. The maximum atomic E-state index is 9.88. The number of benzene rings is 2. The highest BCUT2D eigenvalue weighted by Gasteiger charge is 2.12. The number of anilines is 3. The molecule has 0 saturated heterocycles. The predicted molar refractivity (Wildman–Crippen MR) is 121 cm³/mol. The summed E-state index contributed by atoms with van der Waals surface area (Å²) < 4.78 is 1.19. The predicted octanol–water partition coefficient (Wildman–Crippen LogP) is 4.78. The zero-order valence-corrected chi connectivity index (χ0v) is 17.6. The van der Waals surface area contributed by atoms with Crippen molar-refractivity contribution in [2.45, 2.75) is 25.9 Å². The van der Waals surface area contributed by atoms with Crippen LogP contribution in [-0.4, -0.2) is 32.8 Å². The molecule has 1 atom stereocenters. The molecule has 150 valence electrons. The van der Waals surface area contributed by atoms with Crippen molar-refractivity contribution in [2.75, 3.05) is 17.2 Å². The second kappa shape index (κ2) is 8.77. The number of fused-ring (bicyclic) bond motifs is 1. The number of hydrogen-bond donors (Lipinski definition) is 4. The third kappa shape index (κ3) is 5.03. The molecule has 6 nitrogen and oxygen atoms in total. The lowest BCUT2D eigenvalue weighted by atomic mass is 10.1. The lowest BCUT2D eigenvalue weighted by molar-refractivity contribution is 0.195. The van der Waals surface area contributed by atoms with Gasteiger partial charge in [-0.15, -0.1) is 0 Å². The van der Waals surface area contributed by atoms with Crippen molar-refractivity contribution < 1.29 is 10.2 Å². The number of aliphatic hydroxyl groups is 1. The maximum Gasteiger partial charge on any atom is 0.227 e. The van der Waals surface area contributed by atoms with Crippen LogP contribution in [0, 0.1) is 0 Å². The van der Waals surface area contributed by atoms with E-state index in [9.17, 15) is 10.2 Å². The van der Waals surface area contributed by atoms with E-state index in [2.05, 4.69) is 38.8 Å². The first-order chi connectivity index (χ1) is 14.1. The number of nitrogens with one attached hydrogen (secondary N) is 2. The van der Waals surface area contributed by atoms with Gasteiger partial charge in [-0.05, 0) is 43.2 Å². The number of thiazole rings is 2. The Bertz CT molecular complexity index is 1060. The third-order valence-electron chi connectivity index (χ3n) is 4.35. The molecule has 0 aliphatic carbocycles. The van der Waals surface area contributed by atoms with Crippen LogP contribution in [-0.2, 0) is 12.8 Å². The minimum atomic E-state index is -0.509. The van der Waals surface area contributed by atoms with E-state index in [4.69, 9.17) is 0 Å². The molecule has 0 radical (unpaired) electrons. The molecule has 0 fully saturated rings. The van der Waals surface area contributed by atoms with Gasteiger partial charge in [0.2, 0.25) is 5.88 Å². The van der Waals surface area contributed by atoms with E-state index in [0.29, 0.717) is 16.4 Å². The number of aromatic hydroxyl groups is 1. The van der Waals surface area contributed by atoms with Gasteiger partial charge in [0.15, 0.2) is 10.3 Å². The van der Waals surface area contributed by atoms with Crippen molar-refractivity contribution in [2.24, 2.45) is 0 Å². The number of aliphatic hydroxyl groups excluding tert-OH is 1. The molecule has 29 heavy (non-hydrogen) atoms. The van der Waals surface area contributed by atoms with Crippen molar-refractivity contribution in [3.8, 4) is 5.88 Å². The molecule has 0 aliphatic rings. The minimum absolute atomic E-state index is 0.0176. The van der Waals surface area contributed by atoms with Gasteiger partial charge in [-0.25, -0.2) is 4.98 Å². The van der Waals surface area contributed by atoms with Gasteiger partial charge in [0.1, 0.15) is 0 Å².